The third-order valence-corrected chi connectivity index (χ3v) is 4.80. The second-order valence-corrected chi connectivity index (χ2v) is 6.48. The van der Waals surface area contributed by atoms with Gasteiger partial charge < -0.3 is 9.84 Å². The van der Waals surface area contributed by atoms with Gasteiger partial charge in [-0.2, -0.15) is 4.98 Å². The smallest absolute Gasteiger partial charge is 0.242 e. The molecule has 2 aromatic rings. The lowest BCUT2D eigenvalue weighted by atomic mass is 10.1. The van der Waals surface area contributed by atoms with Crippen molar-refractivity contribution in [2.24, 2.45) is 0 Å². The number of aromatic nitrogens is 2. The Morgan fingerprint density at radius 3 is 3.14 bits per heavy atom. The molecule has 1 aliphatic carbocycles. The van der Waals surface area contributed by atoms with E-state index in [1.807, 2.05) is 17.5 Å². The van der Waals surface area contributed by atoms with Gasteiger partial charge in [0.15, 0.2) is 5.82 Å². The molecule has 7 heteroatoms. The Labute approximate surface area is 126 Å². The normalized spacial score (nSPS) is 23.2. The molecule has 0 unspecified atom stereocenters. The molecule has 3 heterocycles. The Hall–Kier alpha value is -1.73. The van der Waals surface area contributed by atoms with Crippen LogP contribution in [0.3, 0.4) is 0 Å². The topological polar surface area (TPSA) is 71.3 Å². The fraction of sp³-hybridized carbons (Fsp3) is 0.500. The van der Waals surface area contributed by atoms with Crippen LogP contribution in [0.25, 0.3) is 0 Å². The highest BCUT2D eigenvalue weighted by Crippen LogP contribution is 2.39. The van der Waals surface area contributed by atoms with Crippen LogP contribution in [-0.2, 0) is 11.3 Å². The zero-order valence-corrected chi connectivity index (χ0v) is 12.3. The number of nitrogens with zero attached hydrogens (tertiary/aromatic N) is 3. The number of carbonyl (C=O) groups excluding carboxylic acids is 1. The van der Waals surface area contributed by atoms with E-state index in [-0.39, 0.29) is 11.9 Å². The molecule has 2 aromatic heterocycles. The molecular weight excluding hydrogens is 288 g/mol. The Bertz CT molecular complexity index is 635. The lowest BCUT2D eigenvalue weighted by Gasteiger charge is -2.33. The van der Waals surface area contributed by atoms with Gasteiger partial charge in [-0.25, -0.2) is 0 Å². The summed E-state index contributed by atoms with van der Waals surface area (Å²) in [5.74, 6) is 1.94. The van der Waals surface area contributed by atoms with Gasteiger partial charge in [-0.15, -0.1) is 11.3 Å². The minimum absolute atomic E-state index is 0.0506. The first-order valence-electron chi connectivity index (χ1n) is 7.19. The molecule has 0 bridgehead atoms. The number of amides is 1. The van der Waals surface area contributed by atoms with Crippen molar-refractivity contribution >= 4 is 17.2 Å². The Kier molecular flexibility index (Phi) is 3.23. The van der Waals surface area contributed by atoms with Crippen LogP contribution in [0.15, 0.2) is 22.0 Å². The van der Waals surface area contributed by atoms with Gasteiger partial charge in [-0.05, 0) is 24.3 Å². The third-order valence-electron chi connectivity index (χ3n) is 3.88. The molecule has 1 atom stereocenters. The van der Waals surface area contributed by atoms with Gasteiger partial charge in [0.05, 0.1) is 6.54 Å². The average molecular weight is 304 g/mol. The van der Waals surface area contributed by atoms with Gasteiger partial charge in [0.1, 0.15) is 6.04 Å². The number of piperazine rings is 1. The van der Waals surface area contributed by atoms with E-state index in [1.165, 1.54) is 0 Å². The van der Waals surface area contributed by atoms with Crippen LogP contribution in [-0.4, -0.2) is 34.0 Å². The highest BCUT2D eigenvalue weighted by atomic mass is 32.1. The molecule has 2 aliphatic rings. The van der Waals surface area contributed by atoms with E-state index in [1.54, 1.807) is 11.3 Å². The van der Waals surface area contributed by atoms with Crippen molar-refractivity contribution in [2.75, 3.05) is 13.1 Å². The summed E-state index contributed by atoms with van der Waals surface area (Å²) in [6, 6.07) is 3.72. The van der Waals surface area contributed by atoms with E-state index < -0.39 is 0 Å². The van der Waals surface area contributed by atoms with Crippen LogP contribution in [0.1, 0.15) is 41.4 Å². The maximum absolute atomic E-state index is 12.2. The molecule has 2 fully saturated rings. The molecule has 4 rings (SSSR count). The Morgan fingerprint density at radius 1 is 1.48 bits per heavy atom. The van der Waals surface area contributed by atoms with Gasteiger partial charge in [-0.3, -0.25) is 9.69 Å². The van der Waals surface area contributed by atoms with Crippen LogP contribution in [0.2, 0.25) is 0 Å². The molecular formula is C14H16N4O2S. The maximum atomic E-state index is 12.2. The van der Waals surface area contributed by atoms with Crippen molar-refractivity contribution in [1.82, 2.24) is 20.4 Å². The summed E-state index contributed by atoms with van der Waals surface area (Å²) in [4.78, 5) is 19.8. The summed E-state index contributed by atoms with van der Waals surface area (Å²) in [6.45, 7) is 2.00. The minimum Gasteiger partial charge on any atom is -0.353 e. The lowest BCUT2D eigenvalue weighted by molar-refractivity contribution is -0.129. The van der Waals surface area contributed by atoms with Crippen LogP contribution >= 0.6 is 11.3 Å². The molecule has 0 radical (unpaired) electrons. The number of thiophene rings is 1. The molecule has 6 nitrogen and oxygen atoms in total. The quantitative estimate of drug-likeness (QED) is 0.930. The number of carbonyl (C=O) groups is 1. The second-order valence-electron chi connectivity index (χ2n) is 5.50. The highest BCUT2D eigenvalue weighted by molar-refractivity contribution is 7.10. The zero-order valence-electron chi connectivity index (χ0n) is 11.5. The van der Waals surface area contributed by atoms with Crippen molar-refractivity contribution in [3.8, 4) is 0 Å². The standard InChI is InChI=1S/C14H16N4O2S/c19-13-12(10-2-1-7-21-10)18(6-5-15-13)8-11-16-14(20-17-11)9-3-4-9/h1-2,7,9,12H,3-6,8H2,(H,15,19)/t12-/m1/s1. The SMILES string of the molecule is O=C1NCCN(Cc2noc(C3CC3)n2)[C@@H]1c1cccs1. The molecule has 1 amide bonds. The molecule has 21 heavy (non-hydrogen) atoms. The fourth-order valence-electron chi connectivity index (χ4n) is 2.65. The van der Waals surface area contributed by atoms with Gasteiger partial charge in [0.2, 0.25) is 11.8 Å². The molecule has 110 valence electrons. The van der Waals surface area contributed by atoms with Crippen LogP contribution in [0.5, 0.6) is 0 Å². The summed E-state index contributed by atoms with van der Waals surface area (Å²) in [5.41, 5.74) is 0. The van der Waals surface area contributed by atoms with Crippen molar-refractivity contribution in [3.05, 3.63) is 34.1 Å². The molecule has 1 N–H and O–H groups in total. The van der Waals surface area contributed by atoms with E-state index >= 15 is 0 Å². The summed E-state index contributed by atoms with van der Waals surface area (Å²) in [6.07, 6.45) is 2.29. The minimum atomic E-state index is -0.248. The first-order chi connectivity index (χ1) is 10.3. The van der Waals surface area contributed by atoms with E-state index in [0.29, 0.717) is 24.8 Å². The van der Waals surface area contributed by atoms with Crippen LogP contribution in [0.4, 0.5) is 0 Å². The Balaban J connectivity index is 1.54. The summed E-state index contributed by atoms with van der Waals surface area (Å²) in [5, 5.41) is 8.98. The average Bonchev–Trinajstić information content (AvgIpc) is 2.99. The number of hydrogen-bond acceptors (Lipinski definition) is 6. The van der Waals surface area contributed by atoms with Crippen molar-refractivity contribution < 1.29 is 9.32 Å². The summed E-state index contributed by atoms with van der Waals surface area (Å²) >= 11 is 1.60. The van der Waals surface area contributed by atoms with Gasteiger partial charge in [0, 0.05) is 23.9 Å². The second kappa shape index (κ2) is 5.23. The highest BCUT2D eigenvalue weighted by Gasteiger charge is 2.34. The summed E-state index contributed by atoms with van der Waals surface area (Å²) < 4.78 is 5.30. The summed E-state index contributed by atoms with van der Waals surface area (Å²) in [7, 11) is 0. The van der Waals surface area contributed by atoms with Crippen LogP contribution in [0, 0.1) is 0 Å². The largest absolute Gasteiger partial charge is 0.353 e. The van der Waals surface area contributed by atoms with Gasteiger partial charge in [0.25, 0.3) is 0 Å². The maximum Gasteiger partial charge on any atom is 0.242 e. The number of hydrogen-bond donors (Lipinski definition) is 1. The van der Waals surface area contributed by atoms with E-state index in [4.69, 9.17) is 4.52 Å². The monoisotopic (exact) mass is 304 g/mol. The first kappa shape index (κ1) is 13.0. The fourth-order valence-corrected chi connectivity index (χ4v) is 3.51. The molecule has 1 aliphatic heterocycles. The van der Waals surface area contributed by atoms with E-state index in [9.17, 15) is 4.79 Å². The van der Waals surface area contributed by atoms with Gasteiger partial charge >= 0.3 is 0 Å². The van der Waals surface area contributed by atoms with E-state index in [0.717, 1.165) is 30.2 Å². The third kappa shape index (κ3) is 2.58. The molecule has 1 saturated heterocycles. The van der Waals surface area contributed by atoms with Crippen LogP contribution < -0.4 is 5.32 Å². The van der Waals surface area contributed by atoms with Crippen molar-refractivity contribution in [2.45, 2.75) is 31.3 Å². The zero-order chi connectivity index (χ0) is 14.2. The lowest BCUT2D eigenvalue weighted by Crippen LogP contribution is -2.49. The van der Waals surface area contributed by atoms with E-state index in [2.05, 4.69) is 20.4 Å². The number of nitrogens with one attached hydrogen (secondary N) is 1. The molecule has 0 spiro atoms. The number of rotatable bonds is 4. The molecule has 1 saturated carbocycles. The first-order valence-corrected chi connectivity index (χ1v) is 8.07. The van der Waals surface area contributed by atoms with Crippen molar-refractivity contribution in [1.29, 1.82) is 0 Å². The van der Waals surface area contributed by atoms with Gasteiger partial charge in [-0.1, -0.05) is 11.2 Å². The predicted molar refractivity (Wildman–Crippen MR) is 76.8 cm³/mol. The Morgan fingerprint density at radius 2 is 2.38 bits per heavy atom. The molecule has 0 aromatic carbocycles. The predicted octanol–water partition coefficient (Wildman–Crippen LogP) is 1.68. The van der Waals surface area contributed by atoms with Crippen molar-refractivity contribution in [3.63, 3.8) is 0 Å².